The molecule has 1 unspecified atom stereocenters. The molecule has 0 aromatic heterocycles. The Labute approximate surface area is 50.1 Å². The molecule has 0 fully saturated rings. The van der Waals surface area contributed by atoms with E-state index < -0.39 is 6.35 Å². The average Bonchev–Trinajstić information content (AvgIpc) is 1.83. The Morgan fingerprint density at radius 3 is 2.62 bits per heavy atom. The lowest BCUT2D eigenvalue weighted by Crippen LogP contribution is -2.39. The Kier molecular flexibility index (Phi) is 4.95. The molecule has 0 rings (SSSR count). The molecule has 0 aliphatic rings. The molecule has 3 nitrogen and oxygen atoms in total. The van der Waals surface area contributed by atoms with Crippen LogP contribution in [0, 0.1) is 0 Å². The van der Waals surface area contributed by atoms with Crippen molar-refractivity contribution in [3.05, 3.63) is 0 Å². The number of rotatable bonds is 4. The highest BCUT2D eigenvalue weighted by atomic mass is 16.3. The predicted molar refractivity (Wildman–Crippen MR) is 33.4 cm³/mol. The van der Waals surface area contributed by atoms with Crippen molar-refractivity contribution in [1.82, 2.24) is 10.6 Å². The van der Waals surface area contributed by atoms with Crippen LogP contribution in [0.25, 0.3) is 0 Å². The quantitative estimate of drug-likeness (QED) is 0.435. The van der Waals surface area contributed by atoms with Crippen LogP contribution in [0.1, 0.15) is 13.3 Å². The van der Waals surface area contributed by atoms with Crippen LogP contribution in [-0.2, 0) is 0 Å². The lowest BCUT2D eigenvalue weighted by molar-refractivity contribution is 0.111. The lowest BCUT2D eigenvalue weighted by Gasteiger charge is -2.08. The maximum absolute atomic E-state index is 8.77. The van der Waals surface area contributed by atoms with Crippen molar-refractivity contribution >= 4 is 0 Å². The van der Waals surface area contributed by atoms with Gasteiger partial charge in [0.1, 0.15) is 0 Å². The van der Waals surface area contributed by atoms with E-state index in [2.05, 4.69) is 17.6 Å². The molecule has 0 amide bonds. The van der Waals surface area contributed by atoms with Gasteiger partial charge < -0.3 is 5.11 Å². The van der Waals surface area contributed by atoms with Gasteiger partial charge in [-0.2, -0.15) is 0 Å². The van der Waals surface area contributed by atoms with Crippen molar-refractivity contribution in [2.24, 2.45) is 0 Å². The van der Waals surface area contributed by atoms with E-state index in [9.17, 15) is 0 Å². The highest BCUT2D eigenvalue weighted by molar-refractivity contribution is 4.43. The van der Waals surface area contributed by atoms with Crippen molar-refractivity contribution < 1.29 is 5.11 Å². The van der Waals surface area contributed by atoms with E-state index >= 15 is 0 Å². The Bertz CT molecular complexity index is 49.7. The van der Waals surface area contributed by atoms with Gasteiger partial charge in [-0.15, -0.1) is 0 Å². The van der Waals surface area contributed by atoms with Crippen molar-refractivity contribution in [3.8, 4) is 0 Å². The lowest BCUT2D eigenvalue weighted by atomic mass is 10.5. The average molecular weight is 118 g/mol. The van der Waals surface area contributed by atoms with Gasteiger partial charge in [0.15, 0.2) is 6.35 Å². The summed E-state index contributed by atoms with van der Waals surface area (Å²) >= 11 is 0. The summed E-state index contributed by atoms with van der Waals surface area (Å²) in [6, 6.07) is 0. The van der Waals surface area contributed by atoms with Crippen LogP contribution < -0.4 is 10.6 Å². The van der Waals surface area contributed by atoms with Crippen molar-refractivity contribution in [3.63, 3.8) is 0 Å². The molecule has 0 radical (unpaired) electrons. The van der Waals surface area contributed by atoms with E-state index in [1.807, 2.05) is 0 Å². The monoisotopic (exact) mass is 118 g/mol. The molecule has 0 heterocycles. The fourth-order valence-corrected chi connectivity index (χ4v) is 0.383. The van der Waals surface area contributed by atoms with Gasteiger partial charge in [0.25, 0.3) is 0 Å². The third kappa shape index (κ3) is 4.05. The Morgan fingerprint density at radius 2 is 2.25 bits per heavy atom. The Balaban J connectivity index is 2.86. The minimum atomic E-state index is -0.546. The first-order valence-corrected chi connectivity index (χ1v) is 2.90. The van der Waals surface area contributed by atoms with Crippen molar-refractivity contribution in [1.29, 1.82) is 0 Å². The highest BCUT2D eigenvalue weighted by Crippen LogP contribution is 1.70. The zero-order chi connectivity index (χ0) is 6.41. The third-order valence-corrected chi connectivity index (χ3v) is 0.861. The number of nitrogens with one attached hydrogen (secondary N) is 2. The third-order valence-electron chi connectivity index (χ3n) is 0.861. The normalized spacial score (nSPS) is 13.9. The fourth-order valence-electron chi connectivity index (χ4n) is 0.383. The van der Waals surface area contributed by atoms with Gasteiger partial charge in [0, 0.05) is 0 Å². The fraction of sp³-hybridized carbons (Fsp3) is 1.00. The van der Waals surface area contributed by atoms with Crippen molar-refractivity contribution in [2.75, 3.05) is 13.6 Å². The molecule has 0 aromatic carbocycles. The maximum Gasteiger partial charge on any atom is 0.160 e. The largest absolute Gasteiger partial charge is 0.365 e. The second-order valence-electron chi connectivity index (χ2n) is 1.65. The smallest absolute Gasteiger partial charge is 0.160 e. The van der Waals surface area contributed by atoms with Crippen LogP contribution >= 0.6 is 0 Å². The molecule has 3 heteroatoms. The highest BCUT2D eigenvalue weighted by Gasteiger charge is 1.92. The summed E-state index contributed by atoms with van der Waals surface area (Å²) in [4.78, 5) is 0. The van der Waals surface area contributed by atoms with Gasteiger partial charge in [-0.3, -0.25) is 10.6 Å². The van der Waals surface area contributed by atoms with Gasteiger partial charge in [0.05, 0.1) is 0 Å². The van der Waals surface area contributed by atoms with E-state index in [1.165, 1.54) is 0 Å². The van der Waals surface area contributed by atoms with Crippen LogP contribution in [0.15, 0.2) is 0 Å². The first kappa shape index (κ1) is 7.88. The summed E-state index contributed by atoms with van der Waals surface area (Å²) in [5, 5.41) is 14.2. The second kappa shape index (κ2) is 5.03. The SMILES string of the molecule is CCCNC(O)NC. The summed E-state index contributed by atoms with van der Waals surface area (Å²) in [5.41, 5.74) is 0. The molecular weight excluding hydrogens is 104 g/mol. The summed E-state index contributed by atoms with van der Waals surface area (Å²) in [5.74, 6) is 0. The molecule has 0 saturated heterocycles. The van der Waals surface area contributed by atoms with Crippen LogP contribution in [0.2, 0.25) is 0 Å². The number of hydrogen-bond donors (Lipinski definition) is 3. The molecule has 8 heavy (non-hydrogen) atoms. The molecule has 3 N–H and O–H groups in total. The predicted octanol–water partition coefficient (Wildman–Crippen LogP) is -0.519. The first-order chi connectivity index (χ1) is 3.81. The zero-order valence-corrected chi connectivity index (χ0v) is 5.44. The first-order valence-electron chi connectivity index (χ1n) is 2.90. The van der Waals surface area contributed by atoms with Gasteiger partial charge >= 0.3 is 0 Å². The summed E-state index contributed by atoms with van der Waals surface area (Å²) < 4.78 is 0. The molecule has 0 aliphatic heterocycles. The van der Waals surface area contributed by atoms with Crippen LogP contribution in [-0.4, -0.2) is 25.1 Å². The zero-order valence-electron chi connectivity index (χ0n) is 5.44. The molecule has 0 bridgehead atoms. The molecule has 0 aromatic rings. The number of aliphatic hydroxyl groups is 1. The molecule has 50 valence electrons. The molecular formula is C5H14N2O. The van der Waals surface area contributed by atoms with E-state index in [1.54, 1.807) is 7.05 Å². The minimum Gasteiger partial charge on any atom is -0.365 e. The van der Waals surface area contributed by atoms with Gasteiger partial charge in [-0.05, 0) is 20.0 Å². The summed E-state index contributed by atoms with van der Waals surface area (Å²) in [6.45, 7) is 2.90. The standard InChI is InChI=1S/C5H14N2O/c1-3-4-7-5(8)6-2/h5-8H,3-4H2,1-2H3. The van der Waals surface area contributed by atoms with Crippen LogP contribution in [0.4, 0.5) is 0 Å². The van der Waals surface area contributed by atoms with Crippen molar-refractivity contribution in [2.45, 2.75) is 19.7 Å². The number of hydrogen-bond acceptors (Lipinski definition) is 3. The molecule has 0 aliphatic carbocycles. The second-order valence-corrected chi connectivity index (χ2v) is 1.65. The van der Waals surface area contributed by atoms with E-state index in [0.29, 0.717) is 0 Å². The van der Waals surface area contributed by atoms with Crippen LogP contribution in [0.5, 0.6) is 0 Å². The summed E-state index contributed by atoms with van der Waals surface area (Å²) in [6.07, 6.45) is 0.494. The van der Waals surface area contributed by atoms with Gasteiger partial charge in [0.2, 0.25) is 0 Å². The Hall–Kier alpha value is -0.120. The molecule has 0 saturated carbocycles. The van der Waals surface area contributed by atoms with E-state index in [0.717, 1.165) is 13.0 Å². The number of aliphatic hydroxyl groups excluding tert-OH is 1. The Morgan fingerprint density at radius 1 is 1.62 bits per heavy atom. The minimum absolute atomic E-state index is 0.546. The van der Waals surface area contributed by atoms with E-state index in [4.69, 9.17) is 5.11 Å². The molecule has 0 spiro atoms. The molecule has 1 atom stereocenters. The van der Waals surface area contributed by atoms with Crippen LogP contribution in [0.3, 0.4) is 0 Å². The van der Waals surface area contributed by atoms with E-state index in [-0.39, 0.29) is 0 Å². The topological polar surface area (TPSA) is 44.3 Å². The van der Waals surface area contributed by atoms with Gasteiger partial charge in [-0.25, -0.2) is 0 Å². The summed E-state index contributed by atoms with van der Waals surface area (Å²) in [7, 11) is 1.70. The maximum atomic E-state index is 8.77. The van der Waals surface area contributed by atoms with Gasteiger partial charge in [-0.1, -0.05) is 6.92 Å².